The summed E-state index contributed by atoms with van der Waals surface area (Å²) in [5, 5.41) is 6.11. The number of piperidine rings is 1. The number of aryl methyl sites for hydroxylation is 1. The van der Waals surface area contributed by atoms with Crippen molar-refractivity contribution in [1.82, 2.24) is 5.32 Å². The van der Waals surface area contributed by atoms with Crippen LogP contribution in [0.5, 0.6) is 0 Å². The minimum atomic E-state index is -0.0681. The number of benzene rings is 1. The monoisotopic (exact) mass is 204 g/mol. The average Bonchev–Trinajstić information content (AvgIpc) is 2.25. The van der Waals surface area contributed by atoms with Gasteiger partial charge in [-0.05, 0) is 31.9 Å². The van der Waals surface area contributed by atoms with Gasteiger partial charge in [-0.3, -0.25) is 4.79 Å². The summed E-state index contributed by atoms with van der Waals surface area (Å²) < 4.78 is 0. The van der Waals surface area contributed by atoms with E-state index in [-0.39, 0.29) is 11.9 Å². The van der Waals surface area contributed by atoms with Crippen LogP contribution in [0.25, 0.3) is 0 Å². The first-order valence-corrected chi connectivity index (χ1v) is 5.36. The van der Waals surface area contributed by atoms with Crippen LogP contribution in [0.4, 0.5) is 5.69 Å². The highest BCUT2D eigenvalue weighted by Gasteiger charge is 2.21. The van der Waals surface area contributed by atoms with Crippen LogP contribution in [0.1, 0.15) is 18.4 Å². The zero-order valence-electron chi connectivity index (χ0n) is 8.92. The molecule has 0 aromatic heterocycles. The first kappa shape index (κ1) is 10.0. The van der Waals surface area contributed by atoms with E-state index in [1.807, 2.05) is 24.3 Å². The van der Waals surface area contributed by atoms with Crippen molar-refractivity contribution in [1.29, 1.82) is 0 Å². The van der Waals surface area contributed by atoms with Gasteiger partial charge in [-0.25, -0.2) is 0 Å². The molecule has 1 aliphatic heterocycles. The summed E-state index contributed by atoms with van der Waals surface area (Å²) in [5.74, 6) is 0.113. The highest BCUT2D eigenvalue weighted by molar-refractivity contribution is 5.85. The van der Waals surface area contributed by atoms with E-state index in [1.54, 1.807) is 0 Å². The fourth-order valence-corrected chi connectivity index (χ4v) is 1.76. The normalized spacial score (nSPS) is 20.9. The van der Waals surface area contributed by atoms with Crippen molar-refractivity contribution < 1.29 is 4.79 Å². The molecule has 1 heterocycles. The van der Waals surface area contributed by atoms with Crippen LogP contribution in [0.15, 0.2) is 24.3 Å². The van der Waals surface area contributed by atoms with E-state index >= 15 is 0 Å². The lowest BCUT2D eigenvalue weighted by Gasteiger charge is -2.23. The highest BCUT2D eigenvalue weighted by Crippen LogP contribution is 2.13. The highest BCUT2D eigenvalue weighted by atomic mass is 16.2. The zero-order chi connectivity index (χ0) is 10.7. The lowest BCUT2D eigenvalue weighted by molar-refractivity contribution is -0.123. The Bertz CT molecular complexity index is 345. The topological polar surface area (TPSA) is 41.1 Å². The summed E-state index contributed by atoms with van der Waals surface area (Å²) in [5.41, 5.74) is 2.25. The summed E-state index contributed by atoms with van der Waals surface area (Å²) in [6.07, 6.45) is 1.97. The molecule has 1 aromatic carbocycles. The molecule has 1 fully saturated rings. The quantitative estimate of drug-likeness (QED) is 0.769. The number of rotatable bonds is 2. The van der Waals surface area contributed by atoms with E-state index in [9.17, 15) is 4.79 Å². The third-order valence-electron chi connectivity index (χ3n) is 2.68. The molecule has 0 saturated carbocycles. The smallest absolute Gasteiger partial charge is 0.242 e. The third kappa shape index (κ3) is 2.49. The van der Waals surface area contributed by atoms with Crippen molar-refractivity contribution in [3.63, 3.8) is 0 Å². The average molecular weight is 204 g/mol. The number of anilines is 1. The number of carbonyl (C=O) groups excluding carboxylic acids is 1. The van der Waals surface area contributed by atoms with E-state index in [1.165, 1.54) is 5.56 Å². The lowest BCUT2D eigenvalue weighted by atomic mass is 10.1. The molecule has 2 rings (SSSR count). The minimum absolute atomic E-state index is 0.0681. The number of nitrogens with one attached hydrogen (secondary N) is 2. The van der Waals surface area contributed by atoms with E-state index in [0.717, 1.165) is 25.1 Å². The Morgan fingerprint density at radius 2 is 2.07 bits per heavy atom. The Morgan fingerprint density at radius 1 is 1.33 bits per heavy atom. The van der Waals surface area contributed by atoms with Crippen LogP contribution in [0.3, 0.4) is 0 Å². The van der Waals surface area contributed by atoms with Gasteiger partial charge in [0.1, 0.15) is 6.04 Å². The molecule has 1 atom stereocenters. The van der Waals surface area contributed by atoms with Gasteiger partial charge in [0.2, 0.25) is 5.91 Å². The largest absolute Gasteiger partial charge is 0.374 e. The van der Waals surface area contributed by atoms with Gasteiger partial charge in [-0.1, -0.05) is 17.7 Å². The molecule has 1 saturated heterocycles. The van der Waals surface area contributed by atoms with Gasteiger partial charge in [0.15, 0.2) is 0 Å². The molecular weight excluding hydrogens is 188 g/mol. The Morgan fingerprint density at radius 3 is 2.73 bits per heavy atom. The van der Waals surface area contributed by atoms with E-state index in [4.69, 9.17) is 0 Å². The third-order valence-corrected chi connectivity index (χ3v) is 2.68. The molecule has 0 aliphatic carbocycles. The van der Waals surface area contributed by atoms with Crippen LogP contribution in [-0.2, 0) is 4.79 Å². The van der Waals surface area contributed by atoms with Crippen LogP contribution < -0.4 is 10.6 Å². The maximum atomic E-state index is 11.5. The van der Waals surface area contributed by atoms with Crippen molar-refractivity contribution in [2.45, 2.75) is 25.8 Å². The second-order valence-corrected chi connectivity index (χ2v) is 4.00. The van der Waals surface area contributed by atoms with Gasteiger partial charge in [-0.2, -0.15) is 0 Å². The second kappa shape index (κ2) is 4.34. The summed E-state index contributed by atoms with van der Waals surface area (Å²) in [7, 11) is 0. The standard InChI is InChI=1S/C12H16N2O/c1-9-4-6-10(7-5-9)14-11-3-2-8-13-12(11)15/h4-7,11,14H,2-3,8H2,1H3,(H,13,15)/t11-/m0/s1. The Kier molecular flexibility index (Phi) is 2.90. The van der Waals surface area contributed by atoms with Crippen molar-refractivity contribution >= 4 is 11.6 Å². The van der Waals surface area contributed by atoms with Gasteiger partial charge >= 0.3 is 0 Å². The maximum absolute atomic E-state index is 11.5. The number of hydrogen-bond donors (Lipinski definition) is 2. The van der Waals surface area contributed by atoms with E-state index in [2.05, 4.69) is 17.6 Å². The molecular formula is C12H16N2O. The van der Waals surface area contributed by atoms with Crippen molar-refractivity contribution in [3.05, 3.63) is 29.8 Å². The minimum Gasteiger partial charge on any atom is -0.374 e. The van der Waals surface area contributed by atoms with Crippen molar-refractivity contribution in [3.8, 4) is 0 Å². The first-order valence-electron chi connectivity index (χ1n) is 5.36. The molecule has 0 bridgehead atoms. The molecule has 1 aliphatic rings. The molecule has 15 heavy (non-hydrogen) atoms. The fourth-order valence-electron chi connectivity index (χ4n) is 1.76. The lowest BCUT2D eigenvalue weighted by Crippen LogP contribution is -2.44. The predicted molar refractivity (Wildman–Crippen MR) is 60.8 cm³/mol. The molecule has 1 amide bonds. The first-order chi connectivity index (χ1) is 7.25. The number of amides is 1. The predicted octanol–water partition coefficient (Wildman–Crippen LogP) is 1.69. The van der Waals surface area contributed by atoms with Crippen LogP contribution in [0.2, 0.25) is 0 Å². The molecule has 80 valence electrons. The van der Waals surface area contributed by atoms with Crippen LogP contribution in [0, 0.1) is 6.92 Å². The van der Waals surface area contributed by atoms with Gasteiger partial charge in [0, 0.05) is 12.2 Å². The van der Waals surface area contributed by atoms with Crippen LogP contribution >= 0.6 is 0 Å². The molecule has 0 unspecified atom stereocenters. The molecule has 3 heteroatoms. The SMILES string of the molecule is Cc1ccc(N[C@H]2CCCNC2=O)cc1. The maximum Gasteiger partial charge on any atom is 0.242 e. The number of carbonyl (C=O) groups is 1. The molecule has 2 N–H and O–H groups in total. The summed E-state index contributed by atoms with van der Waals surface area (Å²) in [4.78, 5) is 11.5. The van der Waals surface area contributed by atoms with Crippen molar-refractivity contribution in [2.24, 2.45) is 0 Å². The van der Waals surface area contributed by atoms with Gasteiger partial charge in [-0.15, -0.1) is 0 Å². The number of hydrogen-bond acceptors (Lipinski definition) is 2. The van der Waals surface area contributed by atoms with Gasteiger partial charge in [0.25, 0.3) is 0 Å². The van der Waals surface area contributed by atoms with Crippen LogP contribution in [-0.4, -0.2) is 18.5 Å². The van der Waals surface area contributed by atoms with Gasteiger partial charge in [0.05, 0.1) is 0 Å². The Balaban J connectivity index is 2.01. The van der Waals surface area contributed by atoms with E-state index < -0.39 is 0 Å². The Hall–Kier alpha value is -1.51. The molecule has 3 nitrogen and oxygen atoms in total. The molecule has 0 spiro atoms. The summed E-state index contributed by atoms with van der Waals surface area (Å²) in [6.45, 7) is 2.86. The molecule has 0 radical (unpaired) electrons. The van der Waals surface area contributed by atoms with E-state index in [0.29, 0.717) is 0 Å². The zero-order valence-corrected chi connectivity index (χ0v) is 8.92. The molecule has 1 aromatic rings. The Labute approximate surface area is 89.9 Å². The van der Waals surface area contributed by atoms with Crippen molar-refractivity contribution in [2.75, 3.05) is 11.9 Å². The summed E-state index contributed by atoms with van der Waals surface area (Å²) in [6, 6.07) is 8.04. The summed E-state index contributed by atoms with van der Waals surface area (Å²) >= 11 is 0. The second-order valence-electron chi connectivity index (χ2n) is 4.00. The van der Waals surface area contributed by atoms with Gasteiger partial charge < -0.3 is 10.6 Å². The fraction of sp³-hybridized carbons (Fsp3) is 0.417.